The van der Waals surface area contributed by atoms with E-state index in [9.17, 15) is 8.42 Å². The van der Waals surface area contributed by atoms with Crippen LogP contribution in [-0.2, 0) is 15.8 Å². The van der Waals surface area contributed by atoms with E-state index in [4.69, 9.17) is 9.52 Å². The van der Waals surface area contributed by atoms with Crippen molar-refractivity contribution in [1.29, 1.82) is 0 Å². The Morgan fingerprint density at radius 3 is 2.75 bits per heavy atom. The van der Waals surface area contributed by atoms with E-state index in [0.29, 0.717) is 31.9 Å². The maximum atomic E-state index is 12.6. The summed E-state index contributed by atoms with van der Waals surface area (Å²) in [6.45, 7) is 5.80. The normalized spacial score (nSPS) is 19.5. The number of sulfonamides is 1. The maximum absolute atomic E-state index is 12.6. The minimum absolute atomic E-state index is 0.118. The largest absolute Gasteiger partial charge is 0.364 e. The summed E-state index contributed by atoms with van der Waals surface area (Å²) in [7, 11) is -3.38. The van der Waals surface area contributed by atoms with Gasteiger partial charge in [0.15, 0.2) is 5.96 Å². The van der Waals surface area contributed by atoms with Gasteiger partial charge in [-0.1, -0.05) is 16.8 Å². The molecule has 9 heteroatoms. The van der Waals surface area contributed by atoms with Crippen molar-refractivity contribution in [3.8, 4) is 0 Å². The number of nitrogens with zero attached hydrogens (tertiary/aromatic N) is 4. The molecule has 0 bridgehead atoms. The minimum Gasteiger partial charge on any atom is -0.364 e. The summed E-state index contributed by atoms with van der Waals surface area (Å²) in [5.74, 6) is 0.764. The monoisotopic (exact) mass is 409 g/mol. The van der Waals surface area contributed by atoms with E-state index < -0.39 is 10.0 Å². The fourth-order valence-electron chi connectivity index (χ4n) is 3.63. The molecule has 28 heavy (non-hydrogen) atoms. The molecule has 1 fully saturated rings. The average molecular weight is 410 g/mol. The van der Waals surface area contributed by atoms with Crippen LogP contribution in [0.5, 0.6) is 0 Å². The Hall–Kier alpha value is -1.87. The van der Waals surface area contributed by atoms with E-state index in [1.54, 1.807) is 6.07 Å². The molecule has 1 aromatic heterocycles. The summed E-state index contributed by atoms with van der Waals surface area (Å²) in [6.07, 6.45) is 9.77. The summed E-state index contributed by atoms with van der Waals surface area (Å²) < 4.78 is 31.4. The summed E-state index contributed by atoms with van der Waals surface area (Å²) in [5, 5.41) is 7.06. The quantitative estimate of drug-likeness (QED) is 0.421. The first-order valence-corrected chi connectivity index (χ1v) is 11.8. The van der Waals surface area contributed by atoms with Gasteiger partial charge in [-0.15, -0.1) is 0 Å². The molecule has 1 N–H and O–H groups in total. The zero-order valence-electron chi connectivity index (χ0n) is 16.6. The van der Waals surface area contributed by atoms with Gasteiger partial charge in [0.2, 0.25) is 10.0 Å². The molecule has 0 spiro atoms. The van der Waals surface area contributed by atoms with Crippen molar-refractivity contribution >= 4 is 16.0 Å². The lowest BCUT2D eigenvalue weighted by Gasteiger charge is -2.35. The van der Waals surface area contributed by atoms with Gasteiger partial charge in [0, 0.05) is 45.3 Å². The van der Waals surface area contributed by atoms with Gasteiger partial charge >= 0.3 is 0 Å². The molecule has 0 atom stereocenters. The van der Waals surface area contributed by atoms with Gasteiger partial charge in [0.05, 0.1) is 5.69 Å². The van der Waals surface area contributed by atoms with Crippen molar-refractivity contribution in [2.45, 2.75) is 44.8 Å². The molecule has 0 radical (unpaired) electrons. The van der Waals surface area contributed by atoms with Crippen molar-refractivity contribution in [1.82, 2.24) is 19.7 Å². The fourth-order valence-corrected chi connectivity index (χ4v) is 5.06. The lowest BCUT2D eigenvalue weighted by atomic mass is 9.97. The Balaban J connectivity index is 1.53. The SMILES string of the molecule is CCNC(=NCCC1=CCCCC1)N1CCN(S(=O)(=O)Cc2ccon2)CC1. The third-order valence-corrected chi connectivity index (χ3v) is 6.98. The Morgan fingerprint density at radius 1 is 1.29 bits per heavy atom. The third-order valence-electron chi connectivity index (χ3n) is 5.17. The van der Waals surface area contributed by atoms with Crippen LogP contribution in [-0.4, -0.2) is 68.0 Å². The second kappa shape index (κ2) is 10.1. The number of guanidine groups is 1. The molecule has 0 unspecified atom stereocenters. The molecule has 1 saturated heterocycles. The Kier molecular flexibility index (Phi) is 7.50. The van der Waals surface area contributed by atoms with Gasteiger partial charge in [0.25, 0.3) is 0 Å². The van der Waals surface area contributed by atoms with E-state index in [1.165, 1.54) is 41.8 Å². The van der Waals surface area contributed by atoms with Crippen LogP contribution in [0.25, 0.3) is 0 Å². The average Bonchev–Trinajstić information content (AvgIpc) is 3.20. The number of aromatic nitrogens is 1. The van der Waals surface area contributed by atoms with Gasteiger partial charge in [0.1, 0.15) is 12.0 Å². The van der Waals surface area contributed by atoms with Crippen LogP contribution in [0, 0.1) is 0 Å². The molecule has 156 valence electrons. The fraction of sp³-hybridized carbons (Fsp3) is 0.684. The van der Waals surface area contributed by atoms with Crippen LogP contribution in [0.1, 0.15) is 44.7 Å². The van der Waals surface area contributed by atoms with Gasteiger partial charge in [-0.3, -0.25) is 4.99 Å². The van der Waals surface area contributed by atoms with E-state index in [1.807, 2.05) is 0 Å². The van der Waals surface area contributed by atoms with Gasteiger partial charge in [-0.2, -0.15) is 4.31 Å². The third kappa shape index (κ3) is 5.81. The highest BCUT2D eigenvalue weighted by atomic mass is 32.2. The van der Waals surface area contributed by atoms with Crippen LogP contribution in [0.15, 0.2) is 33.5 Å². The lowest BCUT2D eigenvalue weighted by Crippen LogP contribution is -2.53. The molecule has 1 aromatic rings. The first-order chi connectivity index (χ1) is 13.6. The van der Waals surface area contributed by atoms with E-state index in [2.05, 4.69) is 28.4 Å². The van der Waals surface area contributed by atoms with Crippen LogP contribution in [0.2, 0.25) is 0 Å². The standard InChI is InChI=1S/C19H31N5O3S/c1-2-20-19(21-10-8-17-6-4-3-5-7-17)23-11-13-24(14-12-23)28(25,26)16-18-9-15-27-22-18/h6,9,15H,2-5,7-8,10-14,16H2,1H3,(H,20,21). The molecule has 3 rings (SSSR count). The molecule has 8 nitrogen and oxygen atoms in total. The van der Waals surface area contributed by atoms with Crippen LogP contribution in [0.3, 0.4) is 0 Å². The van der Waals surface area contributed by atoms with Crippen molar-refractivity contribution in [2.75, 3.05) is 39.3 Å². The van der Waals surface area contributed by atoms with Gasteiger partial charge in [-0.05, 0) is 39.0 Å². The Morgan fingerprint density at radius 2 is 2.11 bits per heavy atom. The number of allylic oxidation sites excluding steroid dienone is 1. The molecule has 2 heterocycles. The van der Waals surface area contributed by atoms with Crippen LogP contribution >= 0.6 is 0 Å². The molecule has 2 aliphatic rings. The summed E-state index contributed by atoms with van der Waals surface area (Å²) >= 11 is 0. The van der Waals surface area contributed by atoms with E-state index >= 15 is 0 Å². The predicted molar refractivity (Wildman–Crippen MR) is 109 cm³/mol. The lowest BCUT2D eigenvalue weighted by molar-refractivity contribution is 0.260. The van der Waals surface area contributed by atoms with Crippen LogP contribution in [0.4, 0.5) is 0 Å². The minimum atomic E-state index is -3.38. The summed E-state index contributed by atoms with van der Waals surface area (Å²) in [6, 6.07) is 1.59. The molecular formula is C19H31N5O3S. The summed E-state index contributed by atoms with van der Waals surface area (Å²) in [5.41, 5.74) is 1.96. The Labute approximate surface area is 167 Å². The van der Waals surface area contributed by atoms with E-state index in [0.717, 1.165) is 25.5 Å². The number of piperazine rings is 1. The molecule has 0 amide bonds. The molecule has 0 aromatic carbocycles. The highest BCUT2D eigenvalue weighted by Gasteiger charge is 2.28. The number of hydrogen-bond acceptors (Lipinski definition) is 5. The summed E-state index contributed by atoms with van der Waals surface area (Å²) in [4.78, 5) is 6.93. The first kappa shape index (κ1) is 20.9. The highest BCUT2D eigenvalue weighted by molar-refractivity contribution is 7.88. The van der Waals surface area contributed by atoms with Crippen molar-refractivity contribution < 1.29 is 12.9 Å². The zero-order valence-corrected chi connectivity index (χ0v) is 17.5. The Bertz CT molecular complexity index is 765. The second-order valence-electron chi connectivity index (χ2n) is 7.23. The first-order valence-electron chi connectivity index (χ1n) is 10.2. The van der Waals surface area contributed by atoms with Crippen molar-refractivity contribution in [3.63, 3.8) is 0 Å². The van der Waals surface area contributed by atoms with Crippen molar-refractivity contribution in [3.05, 3.63) is 29.7 Å². The zero-order chi connectivity index (χ0) is 19.8. The van der Waals surface area contributed by atoms with Crippen molar-refractivity contribution in [2.24, 2.45) is 4.99 Å². The molecular weight excluding hydrogens is 378 g/mol. The van der Waals surface area contributed by atoms with E-state index in [-0.39, 0.29) is 5.75 Å². The predicted octanol–water partition coefficient (Wildman–Crippen LogP) is 1.98. The maximum Gasteiger partial charge on any atom is 0.220 e. The molecule has 1 aliphatic heterocycles. The smallest absolute Gasteiger partial charge is 0.220 e. The number of rotatable bonds is 7. The molecule has 1 aliphatic carbocycles. The molecule has 0 saturated carbocycles. The number of aliphatic imine (C=N–C) groups is 1. The highest BCUT2D eigenvalue weighted by Crippen LogP contribution is 2.20. The number of hydrogen-bond donors (Lipinski definition) is 1. The van der Waals surface area contributed by atoms with Crippen LogP contribution < -0.4 is 5.32 Å². The topological polar surface area (TPSA) is 91.0 Å². The number of nitrogens with one attached hydrogen (secondary N) is 1. The second-order valence-corrected chi connectivity index (χ2v) is 9.20. The van der Waals surface area contributed by atoms with Gasteiger partial charge in [-0.25, -0.2) is 8.42 Å². The van der Waals surface area contributed by atoms with Gasteiger partial charge < -0.3 is 14.7 Å².